The van der Waals surface area contributed by atoms with Gasteiger partial charge >= 0.3 is 6.09 Å². The van der Waals surface area contributed by atoms with E-state index in [9.17, 15) is 10.1 Å². The Morgan fingerprint density at radius 3 is 2.07 bits per heavy atom. The second-order valence-corrected chi connectivity index (χ2v) is 15.8. The first-order valence-electron chi connectivity index (χ1n) is 10.4. The van der Waals surface area contributed by atoms with Gasteiger partial charge in [0.2, 0.25) is 0 Å². The van der Waals surface area contributed by atoms with Crippen LogP contribution in [0.25, 0.3) is 0 Å². The van der Waals surface area contributed by atoms with E-state index in [0.717, 1.165) is 0 Å². The Morgan fingerprint density at radius 2 is 1.62 bits per heavy atom. The van der Waals surface area contributed by atoms with Crippen LogP contribution in [-0.2, 0) is 18.6 Å². The maximum atomic E-state index is 13.1. The largest absolute Gasteiger partial charge is 0.444 e. The van der Waals surface area contributed by atoms with E-state index in [2.05, 4.69) is 39.9 Å². The molecule has 2 saturated heterocycles. The maximum absolute atomic E-state index is 13.1. The van der Waals surface area contributed by atoms with Crippen LogP contribution in [0.3, 0.4) is 0 Å². The summed E-state index contributed by atoms with van der Waals surface area (Å²) in [6, 6.07) is 1.39. The van der Waals surface area contributed by atoms with Gasteiger partial charge in [-0.05, 0) is 52.8 Å². The summed E-state index contributed by atoms with van der Waals surface area (Å²) in [5.74, 6) is -0.766. The van der Waals surface area contributed by atoms with Crippen LogP contribution >= 0.6 is 0 Å². The fourth-order valence-electron chi connectivity index (χ4n) is 3.55. The Morgan fingerprint density at radius 1 is 1.10 bits per heavy atom. The van der Waals surface area contributed by atoms with Gasteiger partial charge in [-0.25, -0.2) is 4.79 Å². The molecule has 1 unspecified atom stereocenters. The lowest BCUT2D eigenvalue weighted by atomic mass is 10.1. The average molecular weight is 427 g/mol. The zero-order valence-corrected chi connectivity index (χ0v) is 20.7. The van der Waals surface area contributed by atoms with E-state index in [1.165, 1.54) is 0 Å². The molecule has 8 heteroatoms. The molecule has 0 aromatic heterocycles. The van der Waals surface area contributed by atoms with Crippen molar-refractivity contribution >= 4 is 14.4 Å². The van der Waals surface area contributed by atoms with Crippen LogP contribution in [0.5, 0.6) is 0 Å². The number of carbonyl (C=O) groups is 1. The van der Waals surface area contributed by atoms with Gasteiger partial charge in [-0.3, -0.25) is 4.90 Å². The first-order valence-corrected chi connectivity index (χ1v) is 13.3. The van der Waals surface area contributed by atoms with E-state index in [-0.39, 0.29) is 29.7 Å². The maximum Gasteiger partial charge on any atom is 0.411 e. The predicted molar refractivity (Wildman–Crippen MR) is 113 cm³/mol. The number of nitriles is 1. The van der Waals surface area contributed by atoms with Crippen molar-refractivity contribution in [1.29, 1.82) is 5.26 Å². The molecule has 0 bridgehead atoms. The molecule has 0 N–H and O–H groups in total. The van der Waals surface area contributed by atoms with Crippen LogP contribution < -0.4 is 0 Å². The zero-order valence-electron chi connectivity index (χ0n) is 19.7. The molecule has 7 nitrogen and oxygen atoms in total. The van der Waals surface area contributed by atoms with E-state index in [4.69, 9.17) is 18.6 Å². The third-order valence-corrected chi connectivity index (χ3v) is 10.5. The van der Waals surface area contributed by atoms with Crippen LogP contribution in [0.4, 0.5) is 4.79 Å². The highest BCUT2D eigenvalue weighted by Gasteiger charge is 2.60. The number of rotatable bonds is 4. The molecule has 0 spiro atoms. The summed E-state index contributed by atoms with van der Waals surface area (Å²) in [5, 5.41) is 9.45. The molecule has 0 saturated carbocycles. The summed E-state index contributed by atoms with van der Waals surface area (Å²) in [6.07, 6.45) is -1.05. The SMILES string of the molecule is CC(C)(C)OC(=O)N1C(CC#N)[C@@H]2OC(C)(C)O[C@@H]2[C@H]1CO[Si](C)(C)C(C)(C)C. The molecule has 2 rings (SSSR count). The Balaban J connectivity index is 2.35. The topological polar surface area (TPSA) is 81.0 Å². The fraction of sp³-hybridized carbons (Fsp3) is 0.905. The van der Waals surface area contributed by atoms with Crippen LogP contribution in [0.1, 0.15) is 61.8 Å². The summed E-state index contributed by atoms with van der Waals surface area (Å²) < 4.78 is 24.4. The number of amides is 1. The first kappa shape index (κ1) is 24.1. The summed E-state index contributed by atoms with van der Waals surface area (Å²) in [4.78, 5) is 14.7. The number of hydrogen-bond acceptors (Lipinski definition) is 6. The molecule has 0 radical (unpaired) electrons. The van der Waals surface area contributed by atoms with Crippen molar-refractivity contribution in [1.82, 2.24) is 4.90 Å². The number of fused-ring (bicyclic) bond motifs is 1. The van der Waals surface area contributed by atoms with Gasteiger partial charge in [0, 0.05) is 0 Å². The van der Waals surface area contributed by atoms with E-state index in [1.54, 1.807) is 4.90 Å². The number of nitrogens with zero attached hydrogens (tertiary/aromatic N) is 2. The van der Waals surface area contributed by atoms with E-state index >= 15 is 0 Å². The lowest BCUT2D eigenvalue weighted by Gasteiger charge is -2.39. The van der Waals surface area contributed by atoms with Gasteiger partial charge in [-0.15, -0.1) is 0 Å². The average Bonchev–Trinajstić information content (AvgIpc) is 2.94. The van der Waals surface area contributed by atoms with Gasteiger partial charge in [0.25, 0.3) is 0 Å². The van der Waals surface area contributed by atoms with Gasteiger partial charge in [0.15, 0.2) is 14.1 Å². The Hall–Kier alpha value is -1.14. The fourth-order valence-corrected chi connectivity index (χ4v) is 4.57. The van der Waals surface area contributed by atoms with Crippen LogP contribution in [0, 0.1) is 11.3 Å². The monoisotopic (exact) mass is 426 g/mol. The molecule has 166 valence electrons. The molecule has 2 heterocycles. The summed E-state index contributed by atoms with van der Waals surface area (Å²) in [7, 11) is -2.04. The summed E-state index contributed by atoms with van der Waals surface area (Å²) >= 11 is 0. The first-order chi connectivity index (χ1) is 13.0. The second-order valence-electron chi connectivity index (χ2n) is 11.0. The van der Waals surface area contributed by atoms with E-state index in [1.807, 2.05) is 34.6 Å². The lowest BCUT2D eigenvalue weighted by molar-refractivity contribution is -0.168. The Kier molecular flexibility index (Phi) is 6.52. The minimum atomic E-state index is -2.04. The van der Waals surface area contributed by atoms with Crippen molar-refractivity contribution in [3.8, 4) is 6.07 Å². The highest BCUT2D eigenvalue weighted by Crippen LogP contribution is 2.43. The van der Waals surface area contributed by atoms with Crippen molar-refractivity contribution in [2.45, 2.75) is 116 Å². The van der Waals surface area contributed by atoms with E-state index < -0.39 is 31.8 Å². The third-order valence-electron chi connectivity index (χ3n) is 5.96. The van der Waals surface area contributed by atoms with Crippen molar-refractivity contribution in [2.24, 2.45) is 0 Å². The molecule has 4 atom stereocenters. The minimum absolute atomic E-state index is 0.0418. The third kappa shape index (κ3) is 5.32. The smallest absolute Gasteiger partial charge is 0.411 e. The van der Waals surface area contributed by atoms with Gasteiger partial charge in [-0.2, -0.15) is 5.26 Å². The predicted octanol–water partition coefficient (Wildman–Crippen LogP) is 4.43. The second kappa shape index (κ2) is 7.84. The molecule has 2 aliphatic heterocycles. The van der Waals surface area contributed by atoms with Crippen LogP contribution in [-0.4, -0.2) is 61.6 Å². The van der Waals surface area contributed by atoms with Crippen LogP contribution in [0.2, 0.25) is 18.1 Å². The molecule has 2 fully saturated rings. The Labute approximate surface area is 176 Å². The summed E-state index contributed by atoms with van der Waals surface area (Å²) in [5.41, 5.74) is -0.641. The molecule has 2 aliphatic rings. The van der Waals surface area contributed by atoms with E-state index in [0.29, 0.717) is 6.61 Å². The highest BCUT2D eigenvalue weighted by atomic mass is 28.4. The molecular weight excluding hydrogens is 388 g/mol. The van der Waals surface area contributed by atoms with Gasteiger partial charge < -0.3 is 18.6 Å². The minimum Gasteiger partial charge on any atom is -0.444 e. The molecule has 0 aromatic carbocycles. The zero-order chi connectivity index (χ0) is 22.4. The lowest BCUT2D eigenvalue weighted by Crippen LogP contribution is -2.52. The van der Waals surface area contributed by atoms with Gasteiger partial charge in [0.1, 0.15) is 17.8 Å². The number of hydrogen-bond donors (Lipinski definition) is 0. The molecule has 0 aliphatic carbocycles. The van der Waals surface area contributed by atoms with Crippen molar-refractivity contribution in [2.75, 3.05) is 6.61 Å². The molecular formula is C21H38N2O5Si. The molecule has 1 amide bonds. The number of ether oxygens (including phenoxy) is 3. The highest BCUT2D eigenvalue weighted by molar-refractivity contribution is 6.74. The quantitative estimate of drug-likeness (QED) is 0.619. The van der Waals surface area contributed by atoms with Crippen molar-refractivity contribution < 1.29 is 23.4 Å². The van der Waals surface area contributed by atoms with Crippen molar-refractivity contribution in [3.63, 3.8) is 0 Å². The van der Waals surface area contributed by atoms with Gasteiger partial charge in [-0.1, -0.05) is 20.8 Å². The summed E-state index contributed by atoms with van der Waals surface area (Å²) in [6.45, 7) is 20.4. The molecule has 29 heavy (non-hydrogen) atoms. The van der Waals surface area contributed by atoms with Crippen molar-refractivity contribution in [3.05, 3.63) is 0 Å². The number of carbonyl (C=O) groups excluding carboxylic acids is 1. The standard InChI is InChI=1S/C21H38N2O5Si/c1-19(2,3)28-18(24)23-14(11-12-22)16-17(27-21(7,8)26-16)15(23)13-25-29(9,10)20(4,5)6/h14-17H,11,13H2,1-10H3/t14?,15-,16+,17-/m1/s1. The van der Waals surface area contributed by atoms with Gasteiger partial charge in [0.05, 0.1) is 31.2 Å². The normalized spacial score (nSPS) is 29.5. The number of likely N-dealkylation sites (tertiary alicyclic amines) is 1. The molecule has 0 aromatic rings. The van der Waals surface area contributed by atoms with Crippen LogP contribution in [0.15, 0.2) is 0 Å². The Bertz CT molecular complexity index is 659.